The van der Waals surface area contributed by atoms with Crippen molar-refractivity contribution >= 4 is 32.3 Å². The van der Waals surface area contributed by atoms with Crippen molar-refractivity contribution in [3.63, 3.8) is 0 Å². The number of carbonyl (C=O) groups is 1. The molecule has 1 saturated heterocycles. The lowest BCUT2D eigenvalue weighted by molar-refractivity contribution is -0.137. The zero-order valence-electron chi connectivity index (χ0n) is 24.0. The van der Waals surface area contributed by atoms with Gasteiger partial charge in [0, 0.05) is 41.9 Å². The number of aromatic nitrogens is 1. The molecule has 0 bridgehead atoms. The molecule has 3 aromatic rings. The highest BCUT2D eigenvalue weighted by molar-refractivity contribution is 7.91. The number of likely N-dealkylation sites (tertiary alicyclic amines) is 1. The van der Waals surface area contributed by atoms with Gasteiger partial charge in [-0.2, -0.15) is 13.2 Å². The monoisotopic (exact) mass is 602 g/mol. The zero-order valence-corrected chi connectivity index (χ0v) is 24.8. The second-order valence-corrected chi connectivity index (χ2v) is 13.8. The Morgan fingerprint density at radius 2 is 1.81 bits per heavy atom. The lowest BCUT2D eigenvalue weighted by Gasteiger charge is -2.44. The number of carbonyl (C=O) groups excluding carboxylic acids is 1. The van der Waals surface area contributed by atoms with E-state index in [1.165, 1.54) is 12.3 Å². The van der Waals surface area contributed by atoms with Gasteiger partial charge in [0.15, 0.2) is 9.84 Å². The molecule has 4 atom stereocenters. The summed E-state index contributed by atoms with van der Waals surface area (Å²) < 4.78 is 67.2. The molecule has 0 radical (unpaired) electrons. The number of benzene rings is 2. The number of hydrogen-bond acceptors (Lipinski definition) is 6. The van der Waals surface area contributed by atoms with Crippen LogP contribution in [0.4, 0.5) is 18.9 Å². The maximum Gasteiger partial charge on any atom is 0.416 e. The molecule has 226 valence electrons. The fraction of sp³-hybridized carbons (Fsp3) is 0.484. The molecular formula is C31H37F3N4O3S. The van der Waals surface area contributed by atoms with E-state index in [0.717, 1.165) is 18.6 Å². The largest absolute Gasteiger partial charge is 0.416 e. The minimum atomic E-state index is -4.50. The SMILES string of the molecule is CC(C)N(C)[C@@H]1CC[C@H](N2CC[C@@H](Nc3ccnc4ccc(C(F)(F)F)cc34)C2=O)[C@H](CS(=O)(=O)c2ccccc2)C1. The Hall–Kier alpha value is -3.18. The van der Waals surface area contributed by atoms with Gasteiger partial charge in [-0.05, 0) is 88.9 Å². The van der Waals surface area contributed by atoms with Gasteiger partial charge in [-0.1, -0.05) is 18.2 Å². The van der Waals surface area contributed by atoms with E-state index in [2.05, 4.69) is 36.1 Å². The molecule has 1 aliphatic carbocycles. The Morgan fingerprint density at radius 3 is 2.50 bits per heavy atom. The first-order valence-electron chi connectivity index (χ1n) is 14.4. The lowest BCUT2D eigenvalue weighted by atomic mass is 9.81. The summed E-state index contributed by atoms with van der Waals surface area (Å²) in [6.07, 6.45) is -0.348. The summed E-state index contributed by atoms with van der Waals surface area (Å²) in [6.45, 7) is 4.68. The average molecular weight is 603 g/mol. The molecule has 2 fully saturated rings. The number of nitrogens with zero attached hydrogens (tertiary/aromatic N) is 3. The van der Waals surface area contributed by atoms with Gasteiger partial charge in [0.2, 0.25) is 5.91 Å². The van der Waals surface area contributed by atoms with Crippen LogP contribution in [0.5, 0.6) is 0 Å². The number of nitrogens with one attached hydrogen (secondary N) is 1. The number of sulfone groups is 1. The van der Waals surface area contributed by atoms with Crippen LogP contribution in [-0.2, 0) is 20.8 Å². The molecule has 2 aromatic carbocycles. The van der Waals surface area contributed by atoms with Crippen molar-refractivity contribution in [2.24, 2.45) is 5.92 Å². The van der Waals surface area contributed by atoms with Crippen LogP contribution in [0.15, 0.2) is 65.7 Å². The molecule has 0 spiro atoms. The second-order valence-electron chi connectivity index (χ2n) is 11.8. The predicted molar refractivity (Wildman–Crippen MR) is 157 cm³/mol. The fourth-order valence-corrected chi connectivity index (χ4v) is 8.10. The predicted octanol–water partition coefficient (Wildman–Crippen LogP) is 5.62. The van der Waals surface area contributed by atoms with Crippen LogP contribution >= 0.6 is 0 Å². The molecule has 1 amide bonds. The Labute approximate surface area is 245 Å². The Balaban J connectivity index is 1.38. The van der Waals surface area contributed by atoms with Crippen molar-refractivity contribution in [2.45, 2.75) is 74.8 Å². The van der Waals surface area contributed by atoms with Gasteiger partial charge in [0.25, 0.3) is 0 Å². The van der Waals surface area contributed by atoms with Crippen LogP contribution in [0.1, 0.15) is 45.1 Å². The van der Waals surface area contributed by atoms with Crippen molar-refractivity contribution in [1.29, 1.82) is 0 Å². The second kappa shape index (κ2) is 11.8. The standard InChI is InChI=1S/C31H37F3N4O3S/c1-20(2)37(3)23-10-12-29(21(17-23)19-42(40,41)24-7-5-4-6-8-24)38-16-14-28(30(38)39)36-27-13-15-35-26-11-9-22(18-25(26)27)31(32,33)34/h4-9,11,13,15,18,20-21,23,28-29H,10,12,14,16-17,19H2,1-3H3,(H,35,36)/t21-,23+,28+,29-/m0/s1. The maximum atomic E-state index is 13.8. The number of alkyl halides is 3. The molecule has 1 saturated carbocycles. The molecular weight excluding hydrogens is 565 g/mol. The summed E-state index contributed by atoms with van der Waals surface area (Å²) in [5.41, 5.74) is 0.0295. The number of halogens is 3. The minimum absolute atomic E-state index is 0.0544. The quantitative estimate of drug-likeness (QED) is 0.361. The van der Waals surface area contributed by atoms with Crippen molar-refractivity contribution in [3.05, 3.63) is 66.4 Å². The molecule has 2 heterocycles. The van der Waals surface area contributed by atoms with E-state index in [-0.39, 0.29) is 34.6 Å². The summed E-state index contributed by atoms with van der Waals surface area (Å²) in [5.74, 6) is -0.468. The Kier molecular flexibility index (Phi) is 8.53. The smallest absolute Gasteiger partial charge is 0.373 e. The van der Waals surface area contributed by atoms with E-state index in [1.54, 1.807) is 41.3 Å². The first-order chi connectivity index (χ1) is 19.8. The Morgan fingerprint density at radius 1 is 1.07 bits per heavy atom. The first-order valence-corrected chi connectivity index (χ1v) is 16.0. The number of rotatable bonds is 8. The van der Waals surface area contributed by atoms with E-state index in [4.69, 9.17) is 0 Å². The molecule has 1 N–H and O–H groups in total. The first kappa shape index (κ1) is 30.3. The van der Waals surface area contributed by atoms with E-state index in [9.17, 15) is 26.4 Å². The van der Waals surface area contributed by atoms with Gasteiger partial charge < -0.3 is 15.1 Å². The van der Waals surface area contributed by atoms with Crippen LogP contribution in [0.25, 0.3) is 10.9 Å². The summed E-state index contributed by atoms with van der Waals surface area (Å²) in [4.78, 5) is 22.3. The van der Waals surface area contributed by atoms with Crippen LogP contribution in [-0.4, -0.2) is 72.6 Å². The fourth-order valence-electron chi connectivity index (χ4n) is 6.41. The number of hydrogen-bond donors (Lipinski definition) is 1. The summed E-state index contributed by atoms with van der Waals surface area (Å²) >= 11 is 0. The van der Waals surface area contributed by atoms with Crippen molar-refractivity contribution in [2.75, 3.05) is 24.7 Å². The van der Waals surface area contributed by atoms with Crippen LogP contribution < -0.4 is 5.32 Å². The zero-order chi connectivity index (χ0) is 30.2. The Bertz CT molecular complexity index is 1530. The van der Waals surface area contributed by atoms with Crippen LogP contribution in [0, 0.1) is 5.92 Å². The van der Waals surface area contributed by atoms with Gasteiger partial charge in [-0.25, -0.2) is 8.42 Å². The van der Waals surface area contributed by atoms with Crippen molar-refractivity contribution in [3.8, 4) is 0 Å². The molecule has 0 unspecified atom stereocenters. The van der Waals surface area contributed by atoms with E-state index in [1.807, 2.05) is 0 Å². The van der Waals surface area contributed by atoms with Gasteiger partial charge in [-0.15, -0.1) is 0 Å². The van der Waals surface area contributed by atoms with Gasteiger partial charge >= 0.3 is 6.18 Å². The molecule has 11 heteroatoms. The third-order valence-corrected chi connectivity index (χ3v) is 10.7. The number of pyridine rings is 1. The molecule has 7 nitrogen and oxygen atoms in total. The lowest BCUT2D eigenvalue weighted by Crippen LogP contribution is -2.52. The highest BCUT2D eigenvalue weighted by Gasteiger charge is 2.44. The van der Waals surface area contributed by atoms with E-state index >= 15 is 0 Å². The summed E-state index contributed by atoms with van der Waals surface area (Å²) in [5, 5.41) is 3.48. The molecule has 1 aliphatic heterocycles. The van der Waals surface area contributed by atoms with E-state index in [0.29, 0.717) is 48.4 Å². The maximum absolute atomic E-state index is 13.8. The van der Waals surface area contributed by atoms with Gasteiger partial charge in [-0.3, -0.25) is 9.78 Å². The highest BCUT2D eigenvalue weighted by atomic mass is 32.2. The number of anilines is 1. The average Bonchev–Trinajstić information content (AvgIpc) is 3.31. The van der Waals surface area contributed by atoms with Crippen LogP contribution in [0.2, 0.25) is 0 Å². The summed E-state index contributed by atoms with van der Waals surface area (Å²) in [7, 11) is -1.52. The molecule has 42 heavy (non-hydrogen) atoms. The summed E-state index contributed by atoms with van der Waals surface area (Å²) in [6, 6.07) is 13.0. The third kappa shape index (κ3) is 6.27. The molecule has 5 rings (SSSR count). The van der Waals surface area contributed by atoms with Gasteiger partial charge in [0.1, 0.15) is 6.04 Å². The van der Waals surface area contributed by atoms with Crippen molar-refractivity contribution < 1.29 is 26.4 Å². The topological polar surface area (TPSA) is 82.6 Å². The normalized spacial score (nSPS) is 23.7. The van der Waals surface area contributed by atoms with E-state index < -0.39 is 27.6 Å². The molecule has 1 aromatic heterocycles. The van der Waals surface area contributed by atoms with Crippen molar-refractivity contribution in [1.82, 2.24) is 14.8 Å². The minimum Gasteiger partial charge on any atom is -0.373 e. The highest BCUT2D eigenvalue weighted by Crippen LogP contribution is 2.37. The third-order valence-electron chi connectivity index (χ3n) is 8.88. The molecule has 2 aliphatic rings. The van der Waals surface area contributed by atoms with Gasteiger partial charge in [0.05, 0.1) is 21.7 Å². The van der Waals surface area contributed by atoms with Crippen LogP contribution in [0.3, 0.4) is 0 Å². The number of fused-ring (bicyclic) bond motifs is 1. The number of amides is 1.